The van der Waals surface area contributed by atoms with Crippen LogP contribution in [-0.2, 0) is 33.5 Å². The standard InChI is InChI=1S/C23H23F3N2O5/c24-23(25,26)16-9-5-4-8-15(16)13-28-18(10-11-19(28)29)21(31)27-17(20(30)22(32)33)12-14-6-2-1-3-7-14/h1-9,17-18,20,30H,10-13H2,(H,27,31)(H,32,33)/t17?,18-,20?/m1/s1. The Morgan fingerprint density at radius 3 is 2.36 bits per heavy atom. The van der Waals surface area contributed by atoms with Gasteiger partial charge < -0.3 is 20.4 Å². The summed E-state index contributed by atoms with van der Waals surface area (Å²) >= 11 is 0. The van der Waals surface area contributed by atoms with Gasteiger partial charge in [-0.05, 0) is 30.0 Å². The molecule has 1 aliphatic rings. The molecule has 0 spiro atoms. The molecule has 3 rings (SSSR count). The second-order valence-electron chi connectivity index (χ2n) is 7.82. The zero-order chi connectivity index (χ0) is 24.2. The maximum absolute atomic E-state index is 13.4. The van der Waals surface area contributed by atoms with E-state index in [1.165, 1.54) is 18.2 Å². The van der Waals surface area contributed by atoms with Gasteiger partial charge in [0.15, 0.2) is 6.10 Å². The van der Waals surface area contributed by atoms with Crippen LogP contribution in [0.15, 0.2) is 54.6 Å². The molecular weight excluding hydrogens is 441 g/mol. The highest BCUT2D eigenvalue weighted by Gasteiger charge is 2.40. The van der Waals surface area contributed by atoms with Gasteiger partial charge in [-0.25, -0.2) is 4.79 Å². The largest absolute Gasteiger partial charge is 0.479 e. The minimum Gasteiger partial charge on any atom is -0.479 e. The van der Waals surface area contributed by atoms with E-state index in [1.807, 2.05) is 0 Å². The first kappa shape index (κ1) is 24.2. The van der Waals surface area contributed by atoms with E-state index < -0.39 is 54.3 Å². The minimum atomic E-state index is -4.62. The molecule has 0 radical (unpaired) electrons. The fourth-order valence-corrected chi connectivity index (χ4v) is 3.88. The Labute approximate surface area is 187 Å². The smallest absolute Gasteiger partial charge is 0.416 e. The molecule has 0 aliphatic carbocycles. The summed E-state index contributed by atoms with van der Waals surface area (Å²) in [6.45, 7) is -0.419. The molecule has 1 heterocycles. The number of benzene rings is 2. The highest BCUT2D eigenvalue weighted by atomic mass is 19.4. The number of aliphatic hydroxyl groups is 1. The number of likely N-dealkylation sites (tertiary alicyclic amines) is 1. The first-order chi connectivity index (χ1) is 15.6. The molecule has 2 unspecified atom stereocenters. The lowest BCUT2D eigenvalue weighted by Crippen LogP contribution is -2.53. The van der Waals surface area contributed by atoms with Crippen LogP contribution >= 0.6 is 0 Å². The van der Waals surface area contributed by atoms with Crippen LogP contribution in [0.25, 0.3) is 0 Å². The van der Waals surface area contributed by atoms with Crippen molar-refractivity contribution >= 4 is 17.8 Å². The first-order valence-electron chi connectivity index (χ1n) is 10.3. The van der Waals surface area contributed by atoms with Crippen LogP contribution in [0.2, 0.25) is 0 Å². The van der Waals surface area contributed by atoms with Gasteiger partial charge in [-0.2, -0.15) is 13.2 Å². The van der Waals surface area contributed by atoms with Crippen LogP contribution in [0.3, 0.4) is 0 Å². The summed E-state index contributed by atoms with van der Waals surface area (Å²) in [5.74, 6) is -2.74. The lowest BCUT2D eigenvalue weighted by molar-refractivity contribution is -0.149. The van der Waals surface area contributed by atoms with Gasteiger partial charge in [0, 0.05) is 13.0 Å². The van der Waals surface area contributed by atoms with Crippen molar-refractivity contribution in [2.24, 2.45) is 0 Å². The highest BCUT2D eigenvalue weighted by Crippen LogP contribution is 2.33. The van der Waals surface area contributed by atoms with Gasteiger partial charge in [-0.15, -0.1) is 0 Å². The monoisotopic (exact) mass is 464 g/mol. The van der Waals surface area contributed by atoms with Crippen molar-refractivity contribution in [2.75, 3.05) is 0 Å². The number of amides is 2. The van der Waals surface area contributed by atoms with Crippen LogP contribution in [0.4, 0.5) is 13.2 Å². The molecule has 2 aromatic rings. The van der Waals surface area contributed by atoms with Gasteiger partial charge in [0.05, 0.1) is 11.6 Å². The van der Waals surface area contributed by atoms with Gasteiger partial charge in [-0.3, -0.25) is 9.59 Å². The molecule has 2 amide bonds. The molecule has 1 saturated heterocycles. The van der Waals surface area contributed by atoms with Gasteiger partial charge in [0.25, 0.3) is 0 Å². The zero-order valence-corrected chi connectivity index (χ0v) is 17.5. The molecule has 1 fully saturated rings. The van der Waals surface area contributed by atoms with Crippen LogP contribution < -0.4 is 5.32 Å². The van der Waals surface area contributed by atoms with Crippen molar-refractivity contribution in [1.29, 1.82) is 0 Å². The maximum Gasteiger partial charge on any atom is 0.416 e. The third-order valence-corrected chi connectivity index (χ3v) is 5.55. The summed E-state index contributed by atoms with van der Waals surface area (Å²) in [5.41, 5.74) is -0.377. The van der Waals surface area contributed by atoms with Crippen LogP contribution in [0.5, 0.6) is 0 Å². The number of carboxylic acids is 1. The number of nitrogens with zero attached hydrogens (tertiary/aromatic N) is 1. The zero-order valence-electron chi connectivity index (χ0n) is 17.5. The summed E-state index contributed by atoms with van der Waals surface area (Å²) in [7, 11) is 0. The molecule has 33 heavy (non-hydrogen) atoms. The van der Waals surface area contributed by atoms with Gasteiger partial charge in [0.2, 0.25) is 11.8 Å². The summed E-state index contributed by atoms with van der Waals surface area (Å²) in [5, 5.41) is 21.8. The number of halogens is 3. The third-order valence-electron chi connectivity index (χ3n) is 5.55. The number of hydrogen-bond acceptors (Lipinski definition) is 4. The lowest BCUT2D eigenvalue weighted by Gasteiger charge is -2.28. The molecule has 176 valence electrons. The average molecular weight is 464 g/mol. The number of hydrogen-bond donors (Lipinski definition) is 3. The molecule has 3 N–H and O–H groups in total. The van der Waals surface area contributed by atoms with E-state index in [-0.39, 0.29) is 24.8 Å². The number of carbonyl (C=O) groups excluding carboxylic acids is 2. The first-order valence-corrected chi connectivity index (χ1v) is 10.3. The van der Waals surface area contributed by atoms with E-state index in [2.05, 4.69) is 5.32 Å². The highest BCUT2D eigenvalue weighted by molar-refractivity contribution is 5.91. The molecular formula is C23H23F3N2O5. The summed E-state index contributed by atoms with van der Waals surface area (Å²) in [6.07, 6.45) is -6.48. The van der Waals surface area contributed by atoms with Crippen LogP contribution in [0.1, 0.15) is 29.5 Å². The number of nitrogens with one attached hydrogen (secondary N) is 1. The third kappa shape index (κ3) is 5.89. The molecule has 10 heteroatoms. The molecule has 0 aromatic heterocycles. The second kappa shape index (κ2) is 10.0. The van der Waals surface area contributed by atoms with E-state index in [1.54, 1.807) is 30.3 Å². The Morgan fingerprint density at radius 1 is 1.09 bits per heavy atom. The quantitative estimate of drug-likeness (QED) is 0.556. The maximum atomic E-state index is 13.4. The van der Waals surface area contributed by atoms with Crippen molar-refractivity contribution in [3.63, 3.8) is 0 Å². The summed E-state index contributed by atoms with van der Waals surface area (Å²) < 4.78 is 40.1. The normalized spacial score (nSPS) is 18.1. The van der Waals surface area contributed by atoms with Gasteiger partial charge in [0.1, 0.15) is 6.04 Å². The fraction of sp³-hybridized carbons (Fsp3) is 0.348. The van der Waals surface area contributed by atoms with Crippen molar-refractivity contribution in [2.45, 2.75) is 50.2 Å². The molecule has 7 nitrogen and oxygen atoms in total. The van der Waals surface area contributed by atoms with Crippen molar-refractivity contribution in [3.8, 4) is 0 Å². The fourth-order valence-electron chi connectivity index (χ4n) is 3.88. The van der Waals surface area contributed by atoms with Crippen LogP contribution in [-0.4, -0.2) is 51.1 Å². The van der Waals surface area contributed by atoms with Gasteiger partial charge >= 0.3 is 12.1 Å². The second-order valence-corrected chi connectivity index (χ2v) is 7.82. The molecule has 0 bridgehead atoms. The Bertz CT molecular complexity index is 1010. The van der Waals surface area contributed by atoms with E-state index in [9.17, 15) is 37.8 Å². The van der Waals surface area contributed by atoms with Gasteiger partial charge in [-0.1, -0.05) is 48.5 Å². The molecule has 0 saturated carbocycles. The number of alkyl halides is 3. The average Bonchev–Trinajstić information content (AvgIpc) is 3.13. The SMILES string of the molecule is O=C(O)C(O)C(Cc1ccccc1)NC(=O)[C@H]1CCC(=O)N1Cc1ccccc1C(F)(F)F. The van der Waals surface area contributed by atoms with E-state index in [4.69, 9.17) is 0 Å². The Hall–Kier alpha value is -3.40. The summed E-state index contributed by atoms with van der Waals surface area (Å²) in [4.78, 5) is 37.8. The molecule has 2 aromatic carbocycles. The number of carboxylic acid groups (broad SMARTS) is 1. The van der Waals surface area contributed by atoms with Crippen molar-refractivity contribution < 1.29 is 37.8 Å². The summed E-state index contributed by atoms with van der Waals surface area (Å²) in [6, 6.07) is 11.1. The topological polar surface area (TPSA) is 107 Å². The van der Waals surface area contributed by atoms with E-state index in [0.29, 0.717) is 5.56 Å². The Morgan fingerprint density at radius 2 is 1.73 bits per heavy atom. The van der Waals surface area contributed by atoms with Crippen molar-refractivity contribution in [3.05, 3.63) is 71.3 Å². The number of aliphatic carboxylic acids is 1. The van der Waals surface area contributed by atoms with E-state index >= 15 is 0 Å². The predicted octanol–water partition coefficient (Wildman–Crippen LogP) is 2.37. The lowest BCUT2D eigenvalue weighted by atomic mass is 10.0. The predicted molar refractivity (Wildman–Crippen MR) is 111 cm³/mol. The number of rotatable bonds is 8. The Balaban J connectivity index is 1.80. The Kier molecular flexibility index (Phi) is 7.37. The number of aliphatic hydroxyl groups excluding tert-OH is 1. The molecule has 1 aliphatic heterocycles. The number of carbonyl (C=O) groups is 3. The van der Waals surface area contributed by atoms with Crippen molar-refractivity contribution in [1.82, 2.24) is 10.2 Å². The van der Waals surface area contributed by atoms with Crippen LogP contribution in [0, 0.1) is 0 Å². The van der Waals surface area contributed by atoms with E-state index in [0.717, 1.165) is 11.0 Å². The molecule has 3 atom stereocenters. The minimum absolute atomic E-state index is 0.0115.